The van der Waals surface area contributed by atoms with Gasteiger partial charge in [-0.25, -0.2) is 4.98 Å². The van der Waals surface area contributed by atoms with E-state index in [0.717, 1.165) is 28.0 Å². The molecule has 7 aromatic rings. The van der Waals surface area contributed by atoms with Crippen LogP contribution in [0.4, 0.5) is 0 Å². The number of nitrogens with zero attached hydrogens (tertiary/aromatic N) is 2. The Morgan fingerprint density at radius 3 is 2.34 bits per heavy atom. The number of aromatic nitrogens is 2. The van der Waals surface area contributed by atoms with Crippen LogP contribution in [0, 0.1) is 0 Å². The van der Waals surface area contributed by atoms with Gasteiger partial charge in [-0.3, -0.25) is 4.57 Å². The van der Waals surface area contributed by atoms with Gasteiger partial charge in [-0.05, 0) is 46.5 Å². The predicted molar refractivity (Wildman–Crippen MR) is 143 cm³/mol. The molecule has 0 spiro atoms. The van der Waals surface area contributed by atoms with Gasteiger partial charge in [0.2, 0.25) is 0 Å². The third-order valence-electron chi connectivity index (χ3n) is 7.81. The molecule has 3 heterocycles. The summed E-state index contributed by atoms with van der Waals surface area (Å²) in [6.07, 6.45) is 1.86. The fraction of sp³-hybridized carbons (Fsp3) is 0.0938. The summed E-state index contributed by atoms with van der Waals surface area (Å²) in [6, 6.07) is 32.1. The number of hydrogen-bond donors (Lipinski definition) is 0. The van der Waals surface area contributed by atoms with E-state index in [1.54, 1.807) is 0 Å². The highest BCUT2D eigenvalue weighted by Crippen LogP contribution is 2.57. The fourth-order valence-corrected chi connectivity index (χ4v) is 6.42. The first kappa shape index (κ1) is 19.0. The molecule has 0 saturated heterocycles. The molecule has 0 radical (unpaired) electrons. The summed E-state index contributed by atoms with van der Waals surface area (Å²) >= 11 is 0. The lowest BCUT2D eigenvalue weighted by Crippen LogP contribution is -2.15. The topological polar surface area (TPSA) is 31.0 Å². The highest BCUT2D eigenvalue weighted by atomic mass is 16.3. The molecule has 1 aliphatic rings. The molecule has 0 unspecified atom stereocenters. The summed E-state index contributed by atoms with van der Waals surface area (Å²) in [4.78, 5) is 4.77. The second-order valence-corrected chi connectivity index (χ2v) is 9.99. The van der Waals surface area contributed by atoms with Crippen LogP contribution in [0.5, 0.6) is 0 Å². The predicted octanol–water partition coefficient (Wildman–Crippen LogP) is 8.38. The van der Waals surface area contributed by atoms with Crippen LogP contribution in [0.3, 0.4) is 0 Å². The van der Waals surface area contributed by atoms with Crippen molar-refractivity contribution in [2.75, 3.05) is 0 Å². The highest BCUT2D eigenvalue weighted by molar-refractivity contribution is 6.29. The van der Waals surface area contributed by atoms with Crippen LogP contribution in [-0.2, 0) is 5.41 Å². The van der Waals surface area contributed by atoms with E-state index in [4.69, 9.17) is 9.40 Å². The zero-order valence-corrected chi connectivity index (χ0v) is 19.5. The molecule has 0 amide bonds. The van der Waals surface area contributed by atoms with Crippen molar-refractivity contribution in [3.63, 3.8) is 0 Å². The molecule has 8 rings (SSSR count). The van der Waals surface area contributed by atoms with Crippen LogP contribution in [0.1, 0.15) is 25.0 Å². The number of para-hydroxylation sites is 2. The Labute approximate surface area is 202 Å². The van der Waals surface area contributed by atoms with E-state index in [1.165, 1.54) is 43.8 Å². The summed E-state index contributed by atoms with van der Waals surface area (Å²) in [7, 11) is 0. The van der Waals surface area contributed by atoms with Crippen molar-refractivity contribution in [1.82, 2.24) is 9.55 Å². The number of furan rings is 1. The van der Waals surface area contributed by atoms with Crippen LogP contribution in [-0.4, -0.2) is 9.55 Å². The Bertz CT molecular complexity index is 1970. The van der Waals surface area contributed by atoms with E-state index in [-0.39, 0.29) is 5.41 Å². The molecule has 166 valence electrons. The first-order valence-corrected chi connectivity index (χ1v) is 12.1. The molecule has 0 N–H and O–H groups in total. The standard InChI is InChI=1S/C32H22N2O/c1-32(2)22-14-6-3-11-19(22)26-27-20-12-4-7-15-23(20)34(25-17-9-10-18-33-25)30(27)31-28(29(26)32)21-13-5-8-16-24(21)35-31/h3-18H,1-2H3. The van der Waals surface area contributed by atoms with Crippen LogP contribution < -0.4 is 0 Å². The van der Waals surface area contributed by atoms with Crippen molar-refractivity contribution < 1.29 is 4.42 Å². The van der Waals surface area contributed by atoms with Crippen molar-refractivity contribution in [3.8, 4) is 16.9 Å². The maximum absolute atomic E-state index is 6.73. The minimum absolute atomic E-state index is 0.154. The van der Waals surface area contributed by atoms with Gasteiger partial charge in [0.25, 0.3) is 0 Å². The van der Waals surface area contributed by atoms with Gasteiger partial charge in [0.15, 0.2) is 5.58 Å². The fourth-order valence-electron chi connectivity index (χ4n) is 6.42. The van der Waals surface area contributed by atoms with Gasteiger partial charge in [0.05, 0.1) is 11.0 Å². The smallest absolute Gasteiger partial charge is 0.160 e. The molecule has 3 heteroatoms. The zero-order chi connectivity index (χ0) is 23.3. The van der Waals surface area contributed by atoms with Crippen LogP contribution in [0.15, 0.2) is 102 Å². The third kappa shape index (κ3) is 2.23. The highest BCUT2D eigenvalue weighted by Gasteiger charge is 2.41. The van der Waals surface area contributed by atoms with Crippen LogP contribution in [0.25, 0.3) is 60.7 Å². The molecule has 35 heavy (non-hydrogen) atoms. The maximum atomic E-state index is 6.73. The third-order valence-corrected chi connectivity index (χ3v) is 7.81. The Morgan fingerprint density at radius 1 is 0.743 bits per heavy atom. The Kier molecular flexibility index (Phi) is 3.47. The lowest BCUT2D eigenvalue weighted by molar-refractivity contribution is 0.658. The lowest BCUT2D eigenvalue weighted by Gasteiger charge is -2.22. The number of benzene rings is 4. The lowest BCUT2D eigenvalue weighted by atomic mass is 9.80. The molecule has 3 aromatic heterocycles. The van der Waals surface area contributed by atoms with Gasteiger partial charge in [-0.2, -0.15) is 0 Å². The van der Waals surface area contributed by atoms with Gasteiger partial charge in [0, 0.05) is 33.2 Å². The monoisotopic (exact) mass is 450 g/mol. The second-order valence-electron chi connectivity index (χ2n) is 9.99. The first-order valence-electron chi connectivity index (χ1n) is 12.1. The number of fused-ring (bicyclic) bond motifs is 12. The second kappa shape index (κ2) is 6.39. The molecule has 0 bridgehead atoms. The molecule has 4 aromatic carbocycles. The molecule has 0 fully saturated rings. The number of hydrogen-bond acceptors (Lipinski definition) is 2. The van der Waals surface area contributed by atoms with Gasteiger partial charge < -0.3 is 4.42 Å². The van der Waals surface area contributed by atoms with E-state index in [9.17, 15) is 0 Å². The number of pyridine rings is 1. The minimum Gasteiger partial charge on any atom is -0.454 e. The van der Waals surface area contributed by atoms with Crippen LogP contribution in [0.2, 0.25) is 0 Å². The van der Waals surface area contributed by atoms with Crippen LogP contribution >= 0.6 is 0 Å². The van der Waals surface area contributed by atoms with Gasteiger partial charge in [-0.15, -0.1) is 0 Å². The Hall–Kier alpha value is -4.37. The van der Waals surface area contributed by atoms with Gasteiger partial charge >= 0.3 is 0 Å². The molecule has 0 aliphatic heterocycles. The Balaban J connectivity index is 1.76. The van der Waals surface area contributed by atoms with E-state index >= 15 is 0 Å². The van der Waals surface area contributed by atoms with Gasteiger partial charge in [0.1, 0.15) is 11.4 Å². The quantitative estimate of drug-likeness (QED) is 0.251. The first-order chi connectivity index (χ1) is 17.2. The van der Waals surface area contributed by atoms with Crippen molar-refractivity contribution in [1.29, 1.82) is 0 Å². The molecule has 0 saturated carbocycles. The zero-order valence-electron chi connectivity index (χ0n) is 19.5. The molecule has 3 nitrogen and oxygen atoms in total. The summed E-state index contributed by atoms with van der Waals surface area (Å²) in [6.45, 7) is 4.70. The van der Waals surface area contributed by atoms with Crippen molar-refractivity contribution in [3.05, 3.63) is 108 Å². The largest absolute Gasteiger partial charge is 0.454 e. The van der Waals surface area contributed by atoms with E-state index in [2.05, 4.69) is 97.3 Å². The summed E-state index contributed by atoms with van der Waals surface area (Å²) in [5, 5.41) is 4.84. The number of rotatable bonds is 1. The SMILES string of the molecule is CC1(C)c2ccccc2-c2c1c1c3ccccc3oc1c1c2c2ccccc2n1-c1ccccn1. The molecular weight excluding hydrogens is 428 g/mol. The average Bonchev–Trinajstić information content (AvgIpc) is 3.51. The maximum Gasteiger partial charge on any atom is 0.160 e. The van der Waals surface area contributed by atoms with Gasteiger partial charge in [-0.1, -0.05) is 80.6 Å². The van der Waals surface area contributed by atoms with E-state index < -0.39 is 0 Å². The van der Waals surface area contributed by atoms with E-state index in [0.29, 0.717) is 0 Å². The van der Waals surface area contributed by atoms with Crippen molar-refractivity contribution in [2.45, 2.75) is 19.3 Å². The minimum atomic E-state index is -0.154. The molecule has 1 aliphatic carbocycles. The van der Waals surface area contributed by atoms with E-state index in [1.807, 2.05) is 18.3 Å². The van der Waals surface area contributed by atoms with Crippen molar-refractivity contribution in [2.24, 2.45) is 0 Å². The Morgan fingerprint density at radius 2 is 1.49 bits per heavy atom. The summed E-state index contributed by atoms with van der Waals surface area (Å²) in [5.41, 5.74) is 9.28. The molecule has 0 atom stereocenters. The van der Waals surface area contributed by atoms with Crippen molar-refractivity contribution >= 4 is 43.7 Å². The summed E-state index contributed by atoms with van der Waals surface area (Å²) in [5.74, 6) is 0.894. The normalized spacial score (nSPS) is 14.2. The molecular formula is C32H22N2O. The average molecular weight is 451 g/mol. The summed E-state index contributed by atoms with van der Waals surface area (Å²) < 4.78 is 9.01.